The van der Waals surface area contributed by atoms with Gasteiger partial charge in [-0.05, 0) is 35.2 Å². The van der Waals surface area contributed by atoms with E-state index in [1.807, 2.05) is 12.1 Å². The zero-order valence-corrected chi connectivity index (χ0v) is 9.86. The molecule has 0 spiro atoms. The first kappa shape index (κ1) is 11.8. The Balaban J connectivity index is 2.23. The topological polar surface area (TPSA) is 26.0 Å². The first-order valence-electron chi connectivity index (χ1n) is 5.80. The Morgan fingerprint density at radius 2 is 1.41 bits per heavy atom. The molecule has 2 rings (SSSR count). The highest BCUT2D eigenvalue weighted by atomic mass is 19.1. The van der Waals surface area contributed by atoms with Gasteiger partial charge in [-0.25, -0.2) is 4.39 Å². The van der Waals surface area contributed by atoms with Gasteiger partial charge in [0.2, 0.25) is 0 Å². The highest BCUT2D eigenvalue weighted by molar-refractivity contribution is 5.33. The van der Waals surface area contributed by atoms with Crippen LogP contribution in [0.2, 0.25) is 0 Å². The number of aryl methyl sites for hydroxylation is 1. The van der Waals surface area contributed by atoms with Crippen LogP contribution in [0.4, 0.5) is 4.39 Å². The Bertz CT molecular complexity index is 473. The van der Waals surface area contributed by atoms with Crippen LogP contribution in [0.3, 0.4) is 0 Å². The van der Waals surface area contributed by atoms with Crippen molar-refractivity contribution in [1.82, 2.24) is 0 Å². The van der Waals surface area contributed by atoms with Crippen molar-refractivity contribution in [2.24, 2.45) is 5.73 Å². The van der Waals surface area contributed by atoms with Crippen molar-refractivity contribution in [3.8, 4) is 0 Å². The van der Waals surface area contributed by atoms with Gasteiger partial charge >= 0.3 is 0 Å². The fourth-order valence-electron chi connectivity index (χ4n) is 1.82. The minimum Gasteiger partial charge on any atom is -0.320 e. The molecule has 2 aromatic carbocycles. The molecule has 0 saturated heterocycles. The summed E-state index contributed by atoms with van der Waals surface area (Å²) in [6, 6.07) is 14.4. The smallest absolute Gasteiger partial charge is 0.123 e. The number of halogens is 1. The summed E-state index contributed by atoms with van der Waals surface area (Å²) in [4.78, 5) is 0. The van der Waals surface area contributed by atoms with Crippen LogP contribution in [0.1, 0.15) is 29.7 Å². The third kappa shape index (κ3) is 2.71. The van der Waals surface area contributed by atoms with E-state index in [1.165, 1.54) is 17.7 Å². The first-order valence-corrected chi connectivity index (χ1v) is 5.80. The lowest BCUT2D eigenvalue weighted by Crippen LogP contribution is -2.11. The highest BCUT2D eigenvalue weighted by Gasteiger charge is 2.08. The van der Waals surface area contributed by atoms with Crippen LogP contribution in [0, 0.1) is 5.82 Å². The van der Waals surface area contributed by atoms with Crippen LogP contribution >= 0.6 is 0 Å². The molecule has 1 unspecified atom stereocenters. The third-order valence-electron chi connectivity index (χ3n) is 2.98. The normalized spacial score (nSPS) is 12.4. The highest BCUT2D eigenvalue weighted by Crippen LogP contribution is 2.20. The monoisotopic (exact) mass is 229 g/mol. The molecular formula is C15H16FN. The average molecular weight is 229 g/mol. The van der Waals surface area contributed by atoms with E-state index in [-0.39, 0.29) is 11.9 Å². The van der Waals surface area contributed by atoms with Crippen molar-refractivity contribution < 1.29 is 4.39 Å². The van der Waals surface area contributed by atoms with Gasteiger partial charge in [0.15, 0.2) is 0 Å². The molecule has 0 aliphatic rings. The van der Waals surface area contributed by atoms with Gasteiger partial charge in [-0.15, -0.1) is 0 Å². The van der Waals surface area contributed by atoms with Crippen LogP contribution in [0.15, 0.2) is 48.5 Å². The summed E-state index contributed by atoms with van der Waals surface area (Å²) in [5.74, 6) is -0.234. The maximum Gasteiger partial charge on any atom is 0.123 e. The largest absolute Gasteiger partial charge is 0.320 e. The minimum absolute atomic E-state index is 0.193. The van der Waals surface area contributed by atoms with Gasteiger partial charge in [0.1, 0.15) is 5.82 Å². The second-order valence-corrected chi connectivity index (χ2v) is 4.12. The molecule has 0 saturated carbocycles. The number of rotatable bonds is 3. The van der Waals surface area contributed by atoms with E-state index in [0.717, 1.165) is 17.5 Å². The minimum atomic E-state index is -0.234. The number of nitrogens with two attached hydrogens (primary N) is 1. The first-order chi connectivity index (χ1) is 8.20. The van der Waals surface area contributed by atoms with Crippen LogP contribution in [-0.4, -0.2) is 0 Å². The molecule has 0 aliphatic heterocycles. The average Bonchev–Trinajstić information content (AvgIpc) is 2.39. The Morgan fingerprint density at radius 3 is 1.88 bits per heavy atom. The summed E-state index contributed by atoms with van der Waals surface area (Å²) >= 11 is 0. The lowest BCUT2D eigenvalue weighted by atomic mass is 9.98. The lowest BCUT2D eigenvalue weighted by molar-refractivity contribution is 0.626. The van der Waals surface area contributed by atoms with E-state index >= 15 is 0 Å². The van der Waals surface area contributed by atoms with Crippen molar-refractivity contribution in [3.05, 3.63) is 71.0 Å². The molecule has 0 fully saturated rings. The zero-order chi connectivity index (χ0) is 12.3. The Morgan fingerprint density at radius 1 is 0.941 bits per heavy atom. The summed E-state index contributed by atoms with van der Waals surface area (Å²) in [5.41, 5.74) is 9.40. The molecule has 2 aromatic rings. The van der Waals surface area contributed by atoms with Crippen molar-refractivity contribution in [3.63, 3.8) is 0 Å². The molecule has 0 amide bonds. The van der Waals surface area contributed by atoms with Crippen molar-refractivity contribution in [2.45, 2.75) is 19.4 Å². The van der Waals surface area contributed by atoms with Crippen molar-refractivity contribution in [2.75, 3.05) is 0 Å². The van der Waals surface area contributed by atoms with E-state index in [0.29, 0.717) is 0 Å². The molecule has 88 valence electrons. The molecule has 17 heavy (non-hydrogen) atoms. The maximum absolute atomic E-state index is 12.8. The van der Waals surface area contributed by atoms with Gasteiger partial charge in [0, 0.05) is 0 Å². The number of benzene rings is 2. The molecule has 0 aliphatic carbocycles. The molecule has 1 nitrogen and oxygen atoms in total. The Hall–Kier alpha value is -1.67. The van der Waals surface area contributed by atoms with Crippen LogP contribution < -0.4 is 5.73 Å². The van der Waals surface area contributed by atoms with Gasteiger partial charge in [-0.1, -0.05) is 43.3 Å². The summed E-state index contributed by atoms with van der Waals surface area (Å²) in [6.07, 6.45) is 1.02. The quantitative estimate of drug-likeness (QED) is 0.857. The molecule has 1 atom stereocenters. The maximum atomic E-state index is 12.8. The molecule has 0 radical (unpaired) electrons. The summed E-state index contributed by atoms with van der Waals surface area (Å²) in [7, 11) is 0. The standard InChI is InChI=1S/C15H16FN/c1-2-11-3-5-12(6-4-11)15(17)13-7-9-14(16)10-8-13/h3-10,15H,2,17H2,1H3. The van der Waals surface area contributed by atoms with E-state index in [4.69, 9.17) is 5.73 Å². The molecule has 0 bridgehead atoms. The zero-order valence-electron chi connectivity index (χ0n) is 9.86. The second kappa shape index (κ2) is 5.11. The van der Waals surface area contributed by atoms with Crippen LogP contribution in [0.5, 0.6) is 0 Å². The van der Waals surface area contributed by atoms with Gasteiger partial charge in [-0.2, -0.15) is 0 Å². The molecule has 0 heterocycles. The van der Waals surface area contributed by atoms with Gasteiger partial charge in [0.05, 0.1) is 6.04 Å². The van der Waals surface area contributed by atoms with Gasteiger partial charge in [0.25, 0.3) is 0 Å². The molecule has 0 aromatic heterocycles. The Kier molecular flexibility index (Phi) is 3.55. The second-order valence-electron chi connectivity index (χ2n) is 4.12. The van der Waals surface area contributed by atoms with E-state index in [9.17, 15) is 4.39 Å². The van der Waals surface area contributed by atoms with E-state index in [2.05, 4.69) is 19.1 Å². The van der Waals surface area contributed by atoms with Crippen molar-refractivity contribution >= 4 is 0 Å². The van der Waals surface area contributed by atoms with Gasteiger partial charge < -0.3 is 5.73 Å². The molecule has 2 heteroatoms. The van der Waals surface area contributed by atoms with Gasteiger partial charge in [-0.3, -0.25) is 0 Å². The predicted molar refractivity (Wildman–Crippen MR) is 68.3 cm³/mol. The van der Waals surface area contributed by atoms with E-state index < -0.39 is 0 Å². The fraction of sp³-hybridized carbons (Fsp3) is 0.200. The Labute approximate surface area is 101 Å². The molecule has 2 N–H and O–H groups in total. The third-order valence-corrected chi connectivity index (χ3v) is 2.98. The summed E-state index contributed by atoms with van der Waals surface area (Å²) in [5, 5.41) is 0. The van der Waals surface area contributed by atoms with Crippen molar-refractivity contribution in [1.29, 1.82) is 0 Å². The summed E-state index contributed by atoms with van der Waals surface area (Å²) in [6.45, 7) is 2.12. The van der Waals surface area contributed by atoms with Crippen LogP contribution in [-0.2, 0) is 6.42 Å². The SMILES string of the molecule is CCc1ccc(C(N)c2ccc(F)cc2)cc1. The molecular weight excluding hydrogens is 213 g/mol. The van der Waals surface area contributed by atoms with E-state index in [1.54, 1.807) is 12.1 Å². The fourth-order valence-corrected chi connectivity index (χ4v) is 1.82. The predicted octanol–water partition coefficient (Wildman–Crippen LogP) is 3.44. The number of hydrogen-bond donors (Lipinski definition) is 1. The number of hydrogen-bond acceptors (Lipinski definition) is 1. The van der Waals surface area contributed by atoms with Crippen LogP contribution in [0.25, 0.3) is 0 Å². The lowest BCUT2D eigenvalue weighted by Gasteiger charge is -2.13. The summed E-state index contributed by atoms with van der Waals surface area (Å²) < 4.78 is 12.8.